The van der Waals surface area contributed by atoms with E-state index < -0.39 is 0 Å². The zero-order chi connectivity index (χ0) is 20.4. The average Bonchev–Trinajstić information content (AvgIpc) is 3.13. The van der Waals surface area contributed by atoms with Gasteiger partial charge in [0.25, 0.3) is 5.56 Å². The maximum absolute atomic E-state index is 12.9. The summed E-state index contributed by atoms with van der Waals surface area (Å²) in [4.78, 5) is 30.2. The molecule has 0 saturated heterocycles. The molecule has 0 unspecified atom stereocenters. The van der Waals surface area contributed by atoms with Crippen LogP contribution in [0.1, 0.15) is 19.8 Å². The van der Waals surface area contributed by atoms with Crippen molar-refractivity contribution in [3.05, 3.63) is 45.7 Å². The van der Waals surface area contributed by atoms with E-state index in [0.29, 0.717) is 23.3 Å². The van der Waals surface area contributed by atoms with Gasteiger partial charge in [-0.2, -0.15) is 0 Å². The molecule has 4 aromatic rings. The standard InChI is InChI=1S/C19H20BrN7OS/c1-2-6-27-18(28)13-9-12(20)4-5-14(13)25-19(27)29-8-3-7-26-11-24-15-16(21)22-10-23-17(15)26/h4-5,9-11H,2-3,6-8H2,1H3,(H2,21,22,23). The van der Waals surface area contributed by atoms with Crippen molar-refractivity contribution in [2.75, 3.05) is 11.5 Å². The van der Waals surface area contributed by atoms with E-state index >= 15 is 0 Å². The number of benzene rings is 1. The van der Waals surface area contributed by atoms with Crippen LogP contribution in [0.4, 0.5) is 5.82 Å². The Labute approximate surface area is 179 Å². The summed E-state index contributed by atoms with van der Waals surface area (Å²) in [6.45, 7) is 3.46. The second-order valence-electron chi connectivity index (χ2n) is 6.58. The summed E-state index contributed by atoms with van der Waals surface area (Å²) in [5.41, 5.74) is 7.93. The SMILES string of the molecule is CCCn1c(SCCCn2cnc3c(N)ncnc32)nc2ccc(Br)cc2c1=O. The lowest BCUT2D eigenvalue weighted by molar-refractivity contribution is 0.584. The van der Waals surface area contributed by atoms with E-state index in [1.165, 1.54) is 6.33 Å². The predicted octanol–water partition coefficient (Wildman–Crippen LogP) is 3.47. The molecule has 0 spiro atoms. The largest absolute Gasteiger partial charge is 0.382 e. The van der Waals surface area contributed by atoms with E-state index in [2.05, 4.69) is 37.8 Å². The maximum Gasteiger partial charge on any atom is 0.262 e. The molecule has 0 atom stereocenters. The normalized spacial score (nSPS) is 11.5. The molecule has 0 amide bonds. The number of imidazole rings is 1. The number of nitrogens with two attached hydrogens (primary N) is 1. The summed E-state index contributed by atoms with van der Waals surface area (Å²) in [6, 6.07) is 5.62. The van der Waals surface area contributed by atoms with Gasteiger partial charge < -0.3 is 10.3 Å². The number of anilines is 1. The molecule has 3 aromatic heterocycles. The van der Waals surface area contributed by atoms with E-state index in [1.807, 2.05) is 22.8 Å². The summed E-state index contributed by atoms with van der Waals surface area (Å²) >= 11 is 5.03. The summed E-state index contributed by atoms with van der Waals surface area (Å²) in [7, 11) is 0. The van der Waals surface area contributed by atoms with E-state index in [0.717, 1.165) is 45.9 Å². The van der Waals surface area contributed by atoms with Crippen LogP contribution in [-0.4, -0.2) is 34.8 Å². The summed E-state index contributed by atoms with van der Waals surface area (Å²) in [6.07, 6.45) is 4.93. The predicted molar refractivity (Wildman–Crippen MR) is 119 cm³/mol. The zero-order valence-corrected chi connectivity index (χ0v) is 18.3. The Morgan fingerprint density at radius 3 is 2.90 bits per heavy atom. The molecule has 0 aliphatic heterocycles. The Morgan fingerprint density at radius 1 is 1.21 bits per heavy atom. The number of nitrogens with zero attached hydrogens (tertiary/aromatic N) is 6. The fourth-order valence-corrected chi connectivity index (χ4v) is 4.47. The number of aromatic nitrogens is 6. The molecular formula is C19H20BrN7OS. The smallest absolute Gasteiger partial charge is 0.262 e. The number of fused-ring (bicyclic) bond motifs is 2. The molecular weight excluding hydrogens is 454 g/mol. The molecule has 0 bridgehead atoms. The van der Waals surface area contributed by atoms with Gasteiger partial charge in [0.2, 0.25) is 0 Å². The van der Waals surface area contributed by atoms with E-state index in [-0.39, 0.29) is 5.56 Å². The van der Waals surface area contributed by atoms with Crippen LogP contribution >= 0.6 is 27.7 Å². The van der Waals surface area contributed by atoms with Gasteiger partial charge in [-0.05, 0) is 31.0 Å². The topological polar surface area (TPSA) is 105 Å². The van der Waals surface area contributed by atoms with Crippen molar-refractivity contribution in [1.29, 1.82) is 0 Å². The van der Waals surface area contributed by atoms with Crippen LogP contribution in [0.15, 0.2) is 45.3 Å². The van der Waals surface area contributed by atoms with Crippen LogP contribution in [0, 0.1) is 0 Å². The van der Waals surface area contributed by atoms with Gasteiger partial charge in [-0.1, -0.05) is 34.6 Å². The average molecular weight is 474 g/mol. The number of nitrogen functional groups attached to an aromatic ring is 1. The van der Waals surface area contributed by atoms with Gasteiger partial charge in [-0.3, -0.25) is 9.36 Å². The van der Waals surface area contributed by atoms with Crippen molar-refractivity contribution in [3.63, 3.8) is 0 Å². The minimum atomic E-state index is 0.00780. The minimum absolute atomic E-state index is 0.00780. The van der Waals surface area contributed by atoms with Crippen molar-refractivity contribution >= 4 is 55.6 Å². The molecule has 2 N–H and O–H groups in total. The second-order valence-corrected chi connectivity index (χ2v) is 8.56. The van der Waals surface area contributed by atoms with E-state index in [1.54, 1.807) is 22.7 Å². The first-order valence-corrected chi connectivity index (χ1v) is 11.1. The Bertz CT molecular complexity index is 1240. The highest BCUT2D eigenvalue weighted by Crippen LogP contribution is 2.22. The first-order chi connectivity index (χ1) is 14.1. The van der Waals surface area contributed by atoms with Crippen molar-refractivity contribution in [2.45, 2.75) is 38.0 Å². The number of halogens is 1. The number of thioether (sulfide) groups is 1. The Hall–Kier alpha value is -2.46. The van der Waals surface area contributed by atoms with Gasteiger partial charge >= 0.3 is 0 Å². The molecule has 0 fully saturated rings. The molecule has 0 aliphatic carbocycles. The molecule has 8 nitrogen and oxygen atoms in total. The van der Waals surface area contributed by atoms with Gasteiger partial charge in [-0.25, -0.2) is 19.9 Å². The Balaban J connectivity index is 1.51. The molecule has 10 heteroatoms. The number of hydrogen-bond acceptors (Lipinski definition) is 7. The van der Waals surface area contributed by atoms with Gasteiger partial charge in [0, 0.05) is 23.3 Å². The quantitative estimate of drug-likeness (QED) is 0.248. The Kier molecular flexibility index (Phi) is 5.81. The van der Waals surface area contributed by atoms with Crippen LogP contribution < -0.4 is 11.3 Å². The third-order valence-corrected chi connectivity index (χ3v) is 6.09. The van der Waals surface area contributed by atoms with Crippen LogP contribution in [-0.2, 0) is 13.1 Å². The van der Waals surface area contributed by atoms with E-state index in [4.69, 9.17) is 10.7 Å². The van der Waals surface area contributed by atoms with Crippen LogP contribution in [0.2, 0.25) is 0 Å². The summed E-state index contributed by atoms with van der Waals surface area (Å²) in [5, 5.41) is 1.40. The highest BCUT2D eigenvalue weighted by atomic mass is 79.9. The molecule has 4 rings (SSSR count). The fraction of sp³-hybridized carbons (Fsp3) is 0.316. The number of hydrogen-bond donors (Lipinski definition) is 1. The lowest BCUT2D eigenvalue weighted by Crippen LogP contribution is -2.23. The van der Waals surface area contributed by atoms with Crippen molar-refractivity contribution in [2.24, 2.45) is 0 Å². The van der Waals surface area contributed by atoms with E-state index in [9.17, 15) is 4.79 Å². The monoisotopic (exact) mass is 473 g/mol. The lowest BCUT2D eigenvalue weighted by atomic mass is 10.2. The molecule has 0 aliphatic rings. The minimum Gasteiger partial charge on any atom is -0.382 e. The third kappa shape index (κ3) is 3.99. The van der Waals surface area contributed by atoms with Crippen molar-refractivity contribution < 1.29 is 0 Å². The molecule has 29 heavy (non-hydrogen) atoms. The molecule has 0 saturated carbocycles. The molecule has 1 aromatic carbocycles. The van der Waals surface area contributed by atoms with Gasteiger partial charge in [-0.15, -0.1) is 0 Å². The van der Waals surface area contributed by atoms with Crippen LogP contribution in [0.5, 0.6) is 0 Å². The van der Waals surface area contributed by atoms with Gasteiger partial charge in [0.1, 0.15) is 11.8 Å². The van der Waals surface area contributed by atoms with Crippen molar-refractivity contribution in [3.8, 4) is 0 Å². The molecule has 0 radical (unpaired) electrons. The summed E-state index contributed by atoms with van der Waals surface area (Å²) < 4.78 is 4.63. The fourth-order valence-electron chi connectivity index (χ4n) is 3.16. The number of aryl methyl sites for hydroxylation is 1. The maximum atomic E-state index is 12.9. The first-order valence-electron chi connectivity index (χ1n) is 9.32. The zero-order valence-electron chi connectivity index (χ0n) is 15.9. The number of rotatable bonds is 7. The van der Waals surface area contributed by atoms with Gasteiger partial charge in [0.15, 0.2) is 16.6 Å². The third-order valence-electron chi connectivity index (χ3n) is 4.53. The highest BCUT2D eigenvalue weighted by Gasteiger charge is 2.12. The van der Waals surface area contributed by atoms with Gasteiger partial charge in [0.05, 0.1) is 17.2 Å². The van der Waals surface area contributed by atoms with Crippen molar-refractivity contribution in [1.82, 2.24) is 29.1 Å². The Morgan fingerprint density at radius 2 is 2.07 bits per heavy atom. The lowest BCUT2D eigenvalue weighted by Gasteiger charge is -2.12. The highest BCUT2D eigenvalue weighted by molar-refractivity contribution is 9.10. The van der Waals surface area contributed by atoms with Crippen LogP contribution in [0.25, 0.3) is 22.1 Å². The molecule has 3 heterocycles. The second kappa shape index (κ2) is 8.50. The first kappa shape index (κ1) is 19.8. The van der Waals surface area contributed by atoms with Crippen LogP contribution in [0.3, 0.4) is 0 Å². The molecule has 150 valence electrons. The summed E-state index contributed by atoms with van der Waals surface area (Å²) in [5.74, 6) is 1.21.